The molecule has 0 aliphatic carbocycles. The number of nitrogens with zero attached hydrogens (tertiary/aromatic N) is 1. The van der Waals surface area contributed by atoms with Crippen LogP contribution in [-0.2, 0) is 6.42 Å². The molecule has 0 saturated heterocycles. The Hall–Kier alpha value is -1.56. The first-order valence-electron chi connectivity index (χ1n) is 5.43. The van der Waals surface area contributed by atoms with Crippen LogP contribution in [0.25, 0.3) is 11.3 Å². The average molecular weight is 272 g/mol. The fraction of sp³-hybridized carbons (Fsp3) is 0.250. The SMILES string of the molecule is CCCc1nc(-c2cc(F)c(F)c(F)c2)c(N)s1. The molecular formula is C12H11F3N2S. The molecule has 96 valence electrons. The van der Waals surface area contributed by atoms with Crippen LogP contribution < -0.4 is 5.73 Å². The van der Waals surface area contributed by atoms with Crippen LogP contribution in [0.2, 0.25) is 0 Å². The predicted octanol–water partition coefficient (Wildman–Crippen LogP) is 3.76. The maximum absolute atomic E-state index is 13.1. The number of thiazole rings is 1. The summed E-state index contributed by atoms with van der Waals surface area (Å²) < 4.78 is 39.1. The van der Waals surface area contributed by atoms with Crippen LogP contribution in [0.5, 0.6) is 0 Å². The van der Waals surface area contributed by atoms with E-state index in [1.165, 1.54) is 11.3 Å². The Morgan fingerprint density at radius 3 is 2.39 bits per heavy atom. The maximum Gasteiger partial charge on any atom is 0.194 e. The van der Waals surface area contributed by atoms with Gasteiger partial charge in [0.1, 0.15) is 10.7 Å². The van der Waals surface area contributed by atoms with Crippen LogP contribution in [0.1, 0.15) is 18.4 Å². The lowest BCUT2D eigenvalue weighted by Gasteiger charge is -2.01. The van der Waals surface area contributed by atoms with E-state index in [0.717, 1.165) is 30.0 Å². The van der Waals surface area contributed by atoms with E-state index in [0.29, 0.717) is 10.7 Å². The zero-order valence-electron chi connectivity index (χ0n) is 9.64. The van der Waals surface area contributed by atoms with Crippen molar-refractivity contribution in [2.75, 3.05) is 5.73 Å². The predicted molar refractivity (Wildman–Crippen MR) is 65.8 cm³/mol. The highest BCUT2D eigenvalue weighted by Gasteiger charge is 2.16. The Labute approximate surface area is 106 Å². The molecule has 1 aromatic carbocycles. The molecule has 18 heavy (non-hydrogen) atoms. The van der Waals surface area contributed by atoms with Crippen LogP contribution >= 0.6 is 11.3 Å². The summed E-state index contributed by atoms with van der Waals surface area (Å²) in [6.07, 6.45) is 1.65. The van der Waals surface area contributed by atoms with Crippen molar-refractivity contribution in [2.24, 2.45) is 0 Å². The molecule has 0 fully saturated rings. The molecule has 0 aliphatic rings. The molecule has 0 spiro atoms. The second kappa shape index (κ2) is 4.97. The van der Waals surface area contributed by atoms with Gasteiger partial charge in [-0.05, 0) is 25.0 Å². The Morgan fingerprint density at radius 1 is 1.22 bits per heavy atom. The van der Waals surface area contributed by atoms with Crippen LogP contribution in [0, 0.1) is 17.5 Å². The number of hydrogen-bond donors (Lipinski definition) is 1. The molecule has 2 N–H and O–H groups in total. The standard InChI is InChI=1S/C12H11F3N2S/c1-2-3-9-17-11(12(16)18-9)6-4-7(13)10(15)8(14)5-6/h4-5H,2-3,16H2,1H3. The zero-order valence-corrected chi connectivity index (χ0v) is 10.5. The number of aryl methyl sites for hydroxylation is 1. The van der Waals surface area contributed by atoms with E-state index in [1.807, 2.05) is 6.92 Å². The molecule has 0 atom stereocenters. The molecule has 0 aliphatic heterocycles. The Balaban J connectivity index is 2.48. The third kappa shape index (κ3) is 2.33. The molecule has 0 radical (unpaired) electrons. The van der Waals surface area contributed by atoms with Crippen LogP contribution in [-0.4, -0.2) is 4.98 Å². The van der Waals surface area contributed by atoms with Crippen molar-refractivity contribution in [2.45, 2.75) is 19.8 Å². The molecule has 2 rings (SSSR count). The van der Waals surface area contributed by atoms with E-state index < -0.39 is 17.5 Å². The molecule has 0 amide bonds. The van der Waals surface area contributed by atoms with Gasteiger partial charge in [0.25, 0.3) is 0 Å². The quantitative estimate of drug-likeness (QED) is 0.864. The number of aromatic nitrogens is 1. The van der Waals surface area contributed by atoms with Gasteiger partial charge in [-0.15, -0.1) is 11.3 Å². The maximum atomic E-state index is 13.1. The van der Waals surface area contributed by atoms with Gasteiger partial charge in [0, 0.05) is 5.56 Å². The minimum atomic E-state index is -1.48. The Kier molecular flexibility index (Phi) is 3.56. The van der Waals surface area contributed by atoms with E-state index in [9.17, 15) is 13.2 Å². The number of anilines is 1. The highest BCUT2D eigenvalue weighted by atomic mass is 32.1. The third-order valence-electron chi connectivity index (χ3n) is 2.42. The first-order chi connectivity index (χ1) is 8.52. The van der Waals surface area contributed by atoms with E-state index in [1.54, 1.807) is 0 Å². The fourth-order valence-corrected chi connectivity index (χ4v) is 2.55. The monoisotopic (exact) mass is 272 g/mol. The van der Waals surface area contributed by atoms with Crippen molar-refractivity contribution in [3.63, 3.8) is 0 Å². The largest absolute Gasteiger partial charge is 0.389 e. The number of nitrogens with two attached hydrogens (primary N) is 1. The average Bonchev–Trinajstić information content (AvgIpc) is 2.67. The first-order valence-corrected chi connectivity index (χ1v) is 6.24. The van der Waals surface area contributed by atoms with Crippen LogP contribution in [0.15, 0.2) is 12.1 Å². The van der Waals surface area contributed by atoms with Crippen LogP contribution in [0.4, 0.5) is 18.2 Å². The van der Waals surface area contributed by atoms with E-state index in [-0.39, 0.29) is 5.56 Å². The molecule has 2 nitrogen and oxygen atoms in total. The molecular weight excluding hydrogens is 261 g/mol. The normalized spacial score (nSPS) is 10.9. The van der Waals surface area contributed by atoms with Crippen molar-refractivity contribution in [3.05, 3.63) is 34.6 Å². The third-order valence-corrected chi connectivity index (χ3v) is 3.36. The number of rotatable bonds is 3. The van der Waals surface area contributed by atoms with Crippen molar-refractivity contribution < 1.29 is 13.2 Å². The van der Waals surface area contributed by atoms with Gasteiger partial charge in [-0.1, -0.05) is 6.92 Å². The smallest absolute Gasteiger partial charge is 0.194 e. The van der Waals surface area contributed by atoms with E-state index in [4.69, 9.17) is 5.73 Å². The van der Waals surface area contributed by atoms with Gasteiger partial charge in [0.05, 0.1) is 5.01 Å². The summed E-state index contributed by atoms with van der Waals surface area (Å²) in [5.41, 5.74) is 6.22. The van der Waals surface area contributed by atoms with Gasteiger partial charge < -0.3 is 5.73 Å². The molecule has 1 aromatic heterocycles. The lowest BCUT2D eigenvalue weighted by Crippen LogP contribution is -1.94. The molecule has 0 unspecified atom stereocenters. The molecule has 0 bridgehead atoms. The minimum Gasteiger partial charge on any atom is -0.389 e. The van der Waals surface area contributed by atoms with Gasteiger partial charge in [0.2, 0.25) is 0 Å². The highest BCUT2D eigenvalue weighted by Crippen LogP contribution is 2.32. The lowest BCUT2D eigenvalue weighted by atomic mass is 10.1. The van der Waals surface area contributed by atoms with Crippen LogP contribution in [0.3, 0.4) is 0 Å². The summed E-state index contributed by atoms with van der Waals surface area (Å²) in [5, 5.41) is 1.18. The summed E-state index contributed by atoms with van der Waals surface area (Å²) >= 11 is 1.28. The zero-order chi connectivity index (χ0) is 13.3. The summed E-state index contributed by atoms with van der Waals surface area (Å²) in [4.78, 5) is 4.22. The summed E-state index contributed by atoms with van der Waals surface area (Å²) in [6.45, 7) is 1.99. The number of halogens is 3. The number of hydrogen-bond acceptors (Lipinski definition) is 3. The lowest BCUT2D eigenvalue weighted by molar-refractivity contribution is 0.447. The first kappa shape index (κ1) is 12.9. The Morgan fingerprint density at radius 2 is 1.83 bits per heavy atom. The fourth-order valence-electron chi connectivity index (χ4n) is 1.60. The second-order valence-corrected chi connectivity index (χ2v) is 4.94. The number of nitrogen functional groups attached to an aromatic ring is 1. The highest BCUT2D eigenvalue weighted by molar-refractivity contribution is 7.16. The van der Waals surface area contributed by atoms with Gasteiger partial charge >= 0.3 is 0 Å². The van der Waals surface area contributed by atoms with Crippen molar-refractivity contribution in [1.82, 2.24) is 4.98 Å². The van der Waals surface area contributed by atoms with Gasteiger partial charge in [-0.3, -0.25) is 0 Å². The summed E-state index contributed by atoms with van der Waals surface area (Å²) in [5.74, 6) is -3.97. The second-order valence-electron chi connectivity index (χ2n) is 3.82. The molecule has 0 saturated carbocycles. The minimum absolute atomic E-state index is 0.155. The van der Waals surface area contributed by atoms with Gasteiger partial charge in [0.15, 0.2) is 17.5 Å². The molecule has 1 heterocycles. The van der Waals surface area contributed by atoms with E-state index in [2.05, 4.69) is 4.98 Å². The van der Waals surface area contributed by atoms with Gasteiger partial charge in [-0.2, -0.15) is 0 Å². The Bertz CT molecular complexity index is 558. The van der Waals surface area contributed by atoms with Crippen molar-refractivity contribution in [3.8, 4) is 11.3 Å². The van der Waals surface area contributed by atoms with E-state index >= 15 is 0 Å². The van der Waals surface area contributed by atoms with Crippen molar-refractivity contribution >= 4 is 16.3 Å². The summed E-state index contributed by atoms with van der Waals surface area (Å²) in [7, 11) is 0. The molecule has 6 heteroatoms. The topological polar surface area (TPSA) is 38.9 Å². The molecule has 2 aromatic rings. The van der Waals surface area contributed by atoms with Crippen molar-refractivity contribution in [1.29, 1.82) is 0 Å². The number of benzene rings is 1. The summed E-state index contributed by atoms with van der Waals surface area (Å²) in [6, 6.07) is 1.80. The van der Waals surface area contributed by atoms with Gasteiger partial charge in [-0.25, -0.2) is 18.2 Å².